The van der Waals surface area contributed by atoms with Crippen LogP contribution >= 0.6 is 11.5 Å². The number of aromatic nitrogens is 3. The fourth-order valence-electron chi connectivity index (χ4n) is 1.85. The van der Waals surface area contributed by atoms with Crippen molar-refractivity contribution in [1.82, 2.24) is 13.9 Å². The molecule has 4 nitrogen and oxygen atoms in total. The highest BCUT2D eigenvalue weighted by Gasteiger charge is 2.11. The third-order valence-corrected chi connectivity index (χ3v) is 3.84. The van der Waals surface area contributed by atoms with Crippen molar-refractivity contribution < 1.29 is 0 Å². The molecule has 0 N–H and O–H groups in total. The molecule has 3 aromatic heterocycles. The summed E-state index contributed by atoms with van der Waals surface area (Å²) in [4.78, 5) is 21.5. The molecule has 3 rings (SSSR count). The van der Waals surface area contributed by atoms with Crippen molar-refractivity contribution >= 4 is 21.7 Å². The quantitative estimate of drug-likeness (QED) is 0.672. The topological polar surface area (TPSA) is 47.8 Å². The van der Waals surface area contributed by atoms with E-state index in [1.807, 2.05) is 19.9 Å². The molecule has 0 radical (unpaired) electrons. The van der Waals surface area contributed by atoms with Crippen LogP contribution in [0.5, 0.6) is 0 Å². The fourth-order valence-corrected chi connectivity index (χ4v) is 2.87. The van der Waals surface area contributed by atoms with Crippen LogP contribution in [0.1, 0.15) is 11.3 Å². The molecule has 0 saturated carbocycles. The summed E-state index contributed by atoms with van der Waals surface area (Å²) in [5, 5.41) is 0.663. The zero-order valence-corrected chi connectivity index (χ0v) is 10.9. The predicted octanol–water partition coefficient (Wildman–Crippen LogP) is 2.46. The van der Waals surface area contributed by atoms with E-state index in [1.165, 1.54) is 11.5 Å². The van der Waals surface area contributed by atoms with Gasteiger partial charge < -0.3 is 0 Å². The second-order valence-corrected chi connectivity index (χ2v) is 5.09. The Balaban J connectivity index is 2.35. The van der Waals surface area contributed by atoms with Crippen LogP contribution < -0.4 is 5.56 Å². The number of hydrogen-bond donors (Lipinski definition) is 0. The first-order valence-electron chi connectivity index (χ1n) is 5.57. The molecule has 0 bridgehead atoms. The number of nitrogens with zero attached hydrogens (tertiary/aromatic N) is 3. The monoisotopic (exact) mass is 257 g/mol. The van der Waals surface area contributed by atoms with E-state index in [4.69, 9.17) is 0 Å². The summed E-state index contributed by atoms with van der Waals surface area (Å²) in [6.07, 6.45) is 3.49. The van der Waals surface area contributed by atoms with Crippen molar-refractivity contribution in [2.45, 2.75) is 13.8 Å². The molecule has 90 valence electrons. The van der Waals surface area contributed by atoms with E-state index in [-0.39, 0.29) is 5.56 Å². The van der Waals surface area contributed by atoms with Crippen LogP contribution in [-0.2, 0) is 0 Å². The lowest BCUT2D eigenvalue weighted by atomic mass is 10.2. The molecule has 0 aliphatic carbocycles. The molecular weight excluding hydrogens is 246 g/mol. The van der Waals surface area contributed by atoms with Crippen LogP contribution in [-0.4, -0.2) is 13.9 Å². The predicted molar refractivity (Wildman–Crippen MR) is 72.5 cm³/mol. The van der Waals surface area contributed by atoms with Gasteiger partial charge in [-0.3, -0.25) is 9.78 Å². The summed E-state index contributed by atoms with van der Waals surface area (Å²) in [5.74, 6) is 0. The number of hydrogen-bond acceptors (Lipinski definition) is 4. The molecule has 0 unspecified atom stereocenters. The van der Waals surface area contributed by atoms with Crippen LogP contribution in [0.4, 0.5) is 0 Å². The van der Waals surface area contributed by atoms with Gasteiger partial charge in [-0.25, -0.2) is 8.94 Å². The zero-order valence-electron chi connectivity index (χ0n) is 10.0. The smallest absolute Gasteiger partial charge is 0.267 e. The molecule has 0 amide bonds. The number of rotatable bonds is 1. The first-order valence-corrected chi connectivity index (χ1v) is 6.35. The minimum absolute atomic E-state index is 0.0169. The Kier molecular flexibility index (Phi) is 2.48. The Morgan fingerprint density at radius 3 is 2.89 bits per heavy atom. The third-order valence-electron chi connectivity index (χ3n) is 2.79. The Labute approximate surface area is 108 Å². The molecule has 0 fully saturated rings. The van der Waals surface area contributed by atoms with Gasteiger partial charge in [-0.1, -0.05) is 0 Å². The van der Waals surface area contributed by atoms with E-state index in [9.17, 15) is 4.79 Å². The molecule has 3 aromatic rings. The summed E-state index contributed by atoms with van der Waals surface area (Å²) >= 11 is 1.37. The lowest BCUT2D eigenvalue weighted by molar-refractivity contribution is 1.07. The normalized spacial score (nSPS) is 11.0. The maximum atomic E-state index is 12.3. The van der Waals surface area contributed by atoms with Gasteiger partial charge >= 0.3 is 0 Å². The van der Waals surface area contributed by atoms with Gasteiger partial charge in [0.25, 0.3) is 5.56 Å². The summed E-state index contributed by atoms with van der Waals surface area (Å²) in [6.45, 7) is 3.87. The SMILES string of the molecule is Cc1cc(-n2sc3ncccc3c2=O)c(C)cn1. The van der Waals surface area contributed by atoms with Gasteiger partial charge in [0.1, 0.15) is 4.83 Å². The Morgan fingerprint density at radius 1 is 1.28 bits per heavy atom. The number of fused-ring (bicyclic) bond motifs is 1. The highest BCUT2D eigenvalue weighted by molar-refractivity contribution is 7.13. The molecular formula is C13H11N3OS. The van der Waals surface area contributed by atoms with Crippen LogP contribution in [0.15, 0.2) is 35.4 Å². The van der Waals surface area contributed by atoms with Crippen LogP contribution in [0.25, 0.3) is 15.9 Å². The highest BCUT2D eigenvalue weighted by Crippen LogP contribution is 2.20. The molecule has 0 aromatic carbocycles. The average Bonchev–Trinajstić information content (AvgIpc) is 2.71. The summed E-state index contributed by atoms with van der Waals surface area (Å²) < 4.78 is 1.68. The molecule has 18 heavy (non-hydrogen) atoms. The van der Waals surface area contributed by atoms with Crippen LogP contribution in [0.3, 0.4) is 0 Å². The van der Waals surface area contributed by atoms with Crippen molar-refractivity contribution in [3.63, 3.8) is 0 Å². The van der Waals surface area contributed by atoms with Gasteiger partial charge in [-0.15, -0.1) is 0 Å². The van der Waals surface area contributed by atoms with Crippen molar-refractivity contribution in [2.24, 2.45) is 0 Å². The van der Waals surface area contributed by atoms with Crippen LogP contribution in [0, 0.1) is 13.8 Å². The zero-order chi connectivity index (χ0) is 12.7. The lowest BCUT2D eigenvalue weighted by Crippen LogP contribution is -2.12. The van der Waals surface area contributed by atoms with E-state index in [1.54, 1.807) is 28.5 Å². The second-order valence-electron chi connectivity index (χ2n) is 4.16. The van der Waals surface area contributed by atoms with E-state index < -0.39 is 0 Å². The van der Waals surface area contributed by atoms with E-state index in [0.29, 0.717) is 5.39 Å². The molecule has 0 atom stereocenters. The largest absolute Gasteiger partial charge is 0.274 e. The number of pyridine rings is 2. The Hall–Kier alpha value is -2.01. The van der Waals surface area contributed by atoms with E-state index >= 15 is 0 Å². The van der Waals surface area contributed by atoms with Gasteiger partial charge in [0.2, 0.25) is 0 Å². The van der Waals surface area contributed by atoms with Gasteiger partial charge in [-0.2, -0.15) is 0 Å². The van der Waals surface area contributed by atoms with Gasteiger partial charge in [0.05, 0.1) is 11.1 Å². The minimum atomic E-state index is -0.0169. The average molecular weight is 257 g/mol. The molecule has 0 aliphatic rings. The molecule has 0 saturated heterocycles. The van der Waals surface area contributed by atoms with Gasteiger partial charge in [0.15, 0.2) is 0 Å². The second kappa shape index (κ2) is 4.03. The van der Waals surface area contributed by atoms with Crippen molar-refractivity contribution in [3.8, 4) is 5.69 Å². The molecule has 5 heteroatoms. The van der Waals surface area contributed by atoms with Crippen molar-refractivity contribution in [3.05, 3.63) is 52.2 Å². The maximum absolute atomic E-state index is 12.3. The van der Waals surface area contributed by atoms with Crippen LogP contribution in [0.2, 0.25) is 0 Å². The molecule has 0 aliphatic heterocycles. The van der Waals surface area contributed by atoms with E-state index in [2.05, 4.69) is 9.97 Å². The highest BCUT2D eigenvalue weighted by atomic mass is 32.1. The van der Waals surface area contributed by atoms with Crippen molar-refractivity contribution in [2.75, 3.05) is 0 Å². The lowest BCUT2D eigenvalue weighted by Gasteiger charge is -2.05. The summed E-state index contributed by atoms with van der Waals surface area (Å²) in [5.41, 5.74) is 2.74. The first-order chi connectivity index (χ1) is 8.66. The first kappa shape index (κ1) is 11.1. The van der Waals surface area contributed by atoms with Gasteiger partial charge in [0, 0.05) is 18.1 Å². The fraction of sp³-hybridized carbons (Fsp3) is 0.154. The third kappa shape index (κ3) is 1.64. The van der Waals surface area contributed by atoms with Gasteiger partial charge in [-0.05, 0) is 49.1 Å². The molecule has 0 spiro atoms. The summed E-state index contributed by atoms with van der Waals surface area (Å²) in [7, 11) is 0. The Bertz CT molecular complexity index is 788. The van der Waals surface area contributed by atoms with E-state index in [0.717, 1.165) is 21.8 Å². The molecule has 3 heterocycles. The van der Waals surface area contributed by atoms with Crippen molar-refractivity contribution in [1.29, 1.82) is 0 Å². The minimum Gasteiger partial charge on any atom is -0.267 e. The number of aryl methyl sites for hydroxylation is 2. The maximum Gasteiger partial charge on any atom is 0.274 e. The summed E-state index contributed by atoms with van der Waals surface area (Å²) in [6, 6.07) is 5.51. The standard InChI is InChI=1S/C13H11N3OS/c1-8-7-15-9(2)6-11(8)16-13(17)10-4-3-5-14-12(10)18-16/h3-7H,1-2H3. The Morgan fingerprint density at radius 2 is 2.11 bits per heavy atom.